The zero-order chi connectivity index (χ0) is 13.5. The molecule has 0 aromatic carbocycles. The number of nitrogens with two attached hydrogens (primary N) is 1. The first-order valence-electron chi connectivity index (χ1n) is 6.81. The topological polar surface area (TPSA) is 75.4 Å². The fourth-order valence-electron chi connectivity index (χ4n) is 2.23. The van der Waals surface area contributed by atoms with E-state index in [1.807, 2.05) is 18.7 Å². The number of nitrogens with one attached hydrogen (secondary N) is 1. The fraction of sp³-hybridized carbons (Fsp3) is 0.846. The Balaban J connectivity index is 2.24. The van der Waals surface area contributed by atoms with Crippen molar-refractivity contribution in [3.8, 4) is 0 Å². The highest BCUT2D eigenvalue weighted by molar-refractivity contribution is 5.81. The van der Waals surface area contributed by atoms with Crippen LogP contribution < -0.4 is 11.1 Å². The molecule has 1 aliphatic heterocycles. The second-order valence-corrected chi connectivity index (χ2v) is 5.22. The summed E-state index contributed by atoms with van der Waals surface area (Å²) in [6.45, 7) is 6.45. The smallest absolute Gasteiger partial charge is 0.224 e. The first-order chi connectivity index (χ1) is 8.56. The Bertz CT molecular complexity index is 286. The summed E-state index contributed by atoms with van der Waals surface area (Å²) in [5.74, 6) is 0.166. The molecule has 3 N–H and O–H groups in total. The van der Waals surface area contributed by atoms with E-state index in [1.54, 1.807) is 0 Å². The first-order valence-corrected chi connectivity index (χ1v) is 6.81. The van der Waals surface area contributed by atoms with Crippen molar-refractivity contribution in [3.05, 3.63) is 0 Å². The van der Waals surface area contributed by atoms with E-state index in [9.17, 15) is 9.59 Å². The molecule has 2 amide bonds. The van der Waals surface area contributed by atoms with Gasteiger partial charge in [0, 0.05) is 32.6 Å². The third kappa shape index (κ3) is 4.29. The maximum Gasteiger partial charge on any atom is 0.224 e. The average molecular weight is 255 g/mol. The molecule has 0 saturated carbocycles. The number of rotatable bonds is 6. The van der Waals surface area contributed by atoms with E-state index in [2.05, 4.69) is 5.32 Å². The molecule has 1 unspecified atom stereocenters. The van der Waals surface area contributed by atoms with Gasteiger partial charge in [0.2, 0.25) is 11.8 Å². The van der Waals surface area contributed by atoms with Gasteiger partial charge < -0.3 is 16.0 Å². The highest BCUT2D eigenvalue weighted by Crippen LogP contribution is 2.10. The maximum atomic E-state index is 11.8. The van der Waals surface area contributed by atoms with Crippen molar-refractivity contribution in [1.82, 2.24) is 10.2 Å². The Hall–Kier alpha value is -1.10. The van der Waals surface area contributed by atoms with Crippen molar-refractivity contribution in [1.29, 1.82) is 0 Å². The molecule has 104 valence electrons. The summed E-state index contributed by atoms with van der Waals surface area (Å²) < 4.78 is 0. The maximum absolute atomic E-state index is 11.8. The molecule has 1 rings (SSSR count). The van der Waals surface area contributed by atoms with E-state index < -0.39 is 0 Å². The van der Waals surface area contributed by atoms with E-state index in [0.29, 0.717) is 19.5 Å². The zero-order valence-electron chi connectivity index (χ0n) is 11.4. The van der Waals surface area contributed by atoms with Crippen LogP contribution in [-0.2, 0) is 9.59 Å². The molecule has 1 fully saturated rings. The molecular weight excluding hydrogens is 230 g/mol. The molecule has 1 atom stereocenters. The number of nitrogens with zero attached hydrogens (tertiary/aromatic N) is 1. The number of hydrogen-bond donors (Lipinski definition) is 2. The van der Waals surface area contributed by atoms with E-state index in [4.69, 9.17) is 5.73 Å². The van der Waals surface area contributed by atoms with Crippen molar-refractivity contribution in [3.63, 3.8) is 0 Å². The van der Waals surface area contributed by atoms with Crippen molar-refractivity contribution in [2.75, 3.05) is 26.2 Å². The highest BCUT2D eigenvalue weighted by Gasteiger charge is 2.21. The van der Waals surface area contributed by atoms with Crippen molar-refractivity contribution in [2.45, 2.75) is 33.1 Å². The van der Waals surface area contributed by atoms with Gasteiger partial charge in [-0.05, 0) is 18.8 Å². The number of amides is 2. The van der Waals surface area contributed by atoms with E-state index in [0.717, 1.165) is 25.9 Å². The molecular formula is C13H25N3O2. The lowest BCUT2D eigenvalue weighted by Crippen LogP contribution is -2.39. The molecule has 5 nitrogen and oxygen atoms in total. The lowest BCUT2D eigenvalue weighted by molar-refractivity contribution is -0.130. The normalized spacial score (nSPS) is 17.0. The summed E-state index contributed by atoms with van der Waals surface area (Å²) >= 11 is 0. The van der Waals surface area contributed by atoms with Crippen molar-refractivity contribution >= 4 is 11.8 Å². The Morgan fingerprint density at radius 2 is 1.89 bits per heavy atom. The van der Waals surface area contributed by atoms with Crippen LogP contribution in [-0.4, -0.2) is 42.9 Å². The van der Waals surface area contributed by atoms with Crippen LogP contribution in [0.3, 0.4) is 0 Å². The van der Waals surface area contributed by atoms with Gasteiger partial charge in [0.15, 0.2) is 0 Å². The van der Waals surface area contributed by atoms with Gasteiger partial charge in [0.25, 0.3) is 0 Å². The van der Waals surface area contributed by atoms with Crippen LogP contribution in [0, 0.1) is 11.8 Å². The minimum atomic E-state index is -0.160. The molecule has 1 aliphatic rings. The van der Waals surface area contributed by atoms with Gasteiger partial charge in [-0.25, -0.2) is 0 Å². The summed E-state index contributed by atoms with van der Waals surface area (Å²) in [7, 11) is 0. The number of carbonyl (C=O) groups excluding carboxylic acids is 2. The van der Waals surface area contributed by atoms with Gasteiger partial charge in [-0.2, -0.15) is 0 Å². The number of carbonyl (C=O) groups is 2. The van der Waals surface area contributed by atoms with Crippen molar-refractivity contribution in [2.24, 2.45) is 17.6 Å². The van der Waals surface area contributed by atoms with E-state index in [1.165, 1.54) is 0 Å². The van der Waals surface area contributed by atoms with E-state index >= 15 is 0 Å². The highest BCUT2D eigenvalue weighted by atomic mass is 16.2. The monoisotopic (exact) mass is 255 g/mol. The molecule has 0 aromatic rings. The van der Waals surface area contributed by atoms with Crippen LogP contribution in [0.2, 0.25) is 0 Å². The molecule has 0 aliphatic carbocycles. The fourth-order valence-corrected chi connectivity index (χ4v) is 2.23. The molecule has 0 aromatic heterocycles. The van der Waals surface area contributed by atoms with Gasteiger partial charge in [-0.3, -0.25) is 9.59 Å². The third-order valence-corrected chi connectivity index (χ3v) is 3.49. The summed E-state index contributed by atoms with van der Waals surface area (Å²) in [4.78, 5) is 25.4. The lowest BCUT2D eigenvalue weighted by Gasteiger charge is -2.19. The van der Waals surface area contributed by atoms with Crippen molar-refractivity contribution < 1.29 is 9.59 Å². The van der Waals surface area contributed by atoms with Crippen LogP contribution in [0.15, 0.2) is 0 Å². The number of hydrogen-bond acceptors (Lipinski definition) is 3. The van der Waals surface area contributed by atoms with Gasteiger partial charge in [-0.15, -0.1) is 0 Å². The first kappa shape index (κ1) is 15.0. The molecule has 1 saturated heterocycles. The molecule has 0 radical (unpaired) electrons. The minimum absolute atomic E-state index is 0.0401. The molecule has 5 heteroatoms. The predicted octanol–water partition coefficient (Wildman–Crippen LogP) is 0.346. The Morgan fingerprint density at radius 1 is 1.28 bits per heavy atom. The molecule has 18 heavy (non-hydrogen) atoms. The summed E-state index contributed by atoms with van der Waals surface area (Å²) in [6, 6.07) is 0. The van der Waals surface area contributed by atoms with Crippen LogP contribution in [0.4, 0.5) is 0 Å². The standard InChI is InChI=1S/C13H25N3O2/c1-10(2)11(9-14)13(18)15-6-5-12(17)16-7-3-4-8-16/h10-11H,3-9,14H2,1-2H3,(H,15,18). The molecule has 1 heterocycles. The van der Waals surface area contributed by atoms with E-state index in [-0.39, 0.29) is 23.7 Å². The molecule has 0 spiro atoms. The Morgan fingerprint density at radius 3 is 2.39 bits per heavy atom. The van der Waals surface area contributed by atoms with Crippen LogP contribution in [0.1, 0.15) is 33.1 Å². The molecule has 0 bridgehead atoms. The van der Waals surface area contributed by atoms with Gasteiger partial charge in [-0.1, -0.05) is 13.8 Å². The summed E-state index contributed by atoms with van der Waals surface area (Å²) in [6.07, 6.45) is 2.59. The summed E-state index contributed by atoms with van der Waals surface area (Å²) in [5.41, 5.74) is 5.57. The van der Waals surface area contributed by atoms with Gasteiger partial charge in [0.05, 0.1) is 5.92 Å². The Labute approximate surface area is 109 Å². The zero-order valence-corrected chi connectivity index (χ0v) is 11.4. The minimum Gasteiger partial charge on any atom is -0.355 e. The summed E-state index contributed by atoms with van der Waals surface area (Å²) in [5, 5.41) is 2.80. The van der Waals surface area contributed by atoms with Gasteiger partial charge in [0.1, 0.15) is 0 Å². The average Bonchev–Trinajstić information content (AvgIpc) is 2.82. The second kappa shape index (κ2) is 7.36. The largest absolute Gasteiger partial charge is 0.355 e. The van der Waals surface area contributed by atoms with Gasteiger partial charge >= 0.3 is 0 Å². The van der Waals surface area contributed by atoms with Crippen LogP contribution in [0.25, 0.3) is 0 Å². The SMILES string of the molecule is CC(C)C(CN)C(=O)NCCC(=O)N1CCCC1. The quantitative estimate of drug-likeness (QED) is 0.719. The van der Waals surface area contributed by atoms with Crippen LogP contribution >= 0.6 is 0 Å². The Kier molecular flexibility index (Phi) is 6.12. The third-order valence-electron chi connectivity index (χ3n) is 3.49. The predicted molar refractivity (Wildman–Crippen MR) is 70.8 cm³/mol. The van der Waals surface area contributed by atoms with Crippen LogP contribution in [0.5, 0.6) is 0 Å². The number of likely N-dealkylation sites (tertiary alicyclic amines) is 1. The lowest BCUT2D eigenvalue weighted by atomic mass is 9.95. The second-order valence-electron chi connectivity index (χ2n) is 5.22.